The van der Waals surface area contributed by atoms with Gasteiger partial charge in [-0.15, -0.1) is 10.2 Å². The Hall–Kier alpha value is -3.38. The van der Waals surface area contributed by atoms with Crippen LogP contribution in [-0.4, -0.2) is 17.4 Å². The van der Waals surface area contributed by atoms with Crippen molar-refractivity contribution < 1.29 is 19.4 Å². The smallest absolute Gasteiger partial charge is 0.336 e. The third kappa shape index (κ3) is 5.71. The number of benzene rings is 3. The zero-order chi connectivity index (χ0) is 24.3. The van der Waals surface area contributed by atoms with Gasteiger partial charge in [-0.3, -0.25) is 0 Å². The third-order valence-corrected chi connectivity index (χ3v) is 5.24. The number of fused-ring (bicyclic) bond motifs is 1. The second kappa shape index (κ2) is 9.63. The van der Waals surface area contributed by atoms with Crippen LogP contribution in [0.1, 0.15) is 40.2 Å². The third-order valence-electron chi connectivity index (χ3n) is 4.91. The highest BCUT2D eigenvalue weighted by Gasteiger charge is 2.23. The Morgan fingerprint density at radius 2 is 1.70 bits per heavy atom. The SMILES string of the molecule is C=C(C)C(=O)OC(C)Oc1cc(N=Nc2ccc(Cl)c3ccccc23)c(O)c(C(C)(C)C)c1. The minimum atomic E-state index is -0.864. The quantitative estimate of drug-likeness (QED) is 0.174. The van der Waals surface area contributed by atoms with Crippen LogP contribution in [0.25, 0.3) is 10.8 Å². The summed E-state index contributed by atoms with van der Waals surface area (Å²) in [5.41, 5.74) is 1.33. The predicted octanol–water partition coefficient (Wildman–Crippen LogP) is 7.76. The van der Waals surface area contributed by atoms with Gasteiger partial charge in [-0.25, -0.2) is 4.79 Å². The maximum Gasteiger partial charge on any atom is 0.336 e. The lowest BCUT2D eigenvalue weighted by Crippen LogP contribution is -2.21. The molecule has 0 amide bonds. The van der Waals surface area contributed by atoms with Crippen LogP contribution in [-0.2, 0) is 14.9 Å². The molecule has 0 radical (unpaired) electrons. The molecular weight excluding hydrogens is 440 g/mol. The number of halogens is 1. The van der Waals surface area contributed by atoms with Gasteiger partial charge in [-0.05, 0) is 30.5 Å². The van der Waals surface area contributed by atoms with E-state index in [1.807, 2.05) is 45.0 Å². The summed E-state index contributed by atoms with van der Waals surface area (Å²) >= 11 is 6.30. The number of azo groups is 1. The Labute approximate surface area is 198 Å². The normalized spacial score (nSPS) is 12.7. The van der Waals surface area contributed by atoms with E-state index in [-0.39, 0.29) is 17.0 Å². The minimum absolute atomic E-state index is 0.00320. The number of phenolic OH excluding ortho intramolecular Hbond substituents is 1. The van der Waals surface area contributed by atoms with E-state index >= 15 is 0 Å². The zero-order valence-electron chi connectivity index (χ0n) is 19.3. The molecule has 0 aliphatic heterocycles. The van der Waals surface area contributed by atoms with Gasteiger partial charge in [-0.2, -0.15) is 0 Å². The summed E-state index contributed by atoms with van der Waals surface area (Å²) in [6, 6.07) is 14.4. The van der Waals surface area contributed by atoms with Gasteiger partial charge in [0.25, 0.3) is 0 Å². The molecule has 0 aliphatic rings. The lowest BCUT2D eigenvalue weighted by Gasteiger charge is -2.23. The molecule has 172 valence electrons. The number of carbonyl (C=O) groups is 1. The fourth-order valence-corrected chi connectivity index (χ4v) is 3.45. The Morgan fingerprint density at radius 1 is 1.06 bits per heavy atom. The number of rotatable bonds is 6. The number of esters is 1. The second-order valence-electron chi connectivity index (χ2n) is 8.77. The standard InChI is InChI=1S/C26H27ClN2O4/c1-15(2)25(31)33-16(3)32-17-13-20(26(4,5)6)24(30)23(14-17)29-28-22-12-11-21(27)18-9-7-8-10-19(18)22/h7-14,16,30H,1H2,2-6H3. The molecule has 1 atom stereocenters. The number of nitrogens with zero attached hydrogens (tertiary/aromatic N) is 2. The molecule has 6 nitrogen and oxygen atoms in total. The molecule has 33 heavy (non-hydrogen) atoms. The van der Waals surface area contributed by atoms with Crippen LogP contribution >= 0.6 is 11.6 Å². The molecule has 0 heterocycles. The molecule has 1 unspecified atom stereocenters. The van der Waals surface area contributed by atoms with Gasteiger partial charge in [0.05, 0.1) is 5.69 Å². The molecule has 0 bridgehead atoms. The van der Waals surface area contributed by atoms with Crippen molar-refractivity contribution in [3.8, 4) is 11.5 Å². The van der Waals surface area contributed by atoms with Crippen molar-refractivity contribution in [2.45, 2.75) is 46.3 Å². The van der Waals surface area contributed by atoms with Crippen molar-refractivity contribution in [1.82, 2.24) is 0 Å². The molecule has 3 rings (SSSR count). The number of hydrogen-bond donors (Lipinski definition) is 1. The van der Waals surface area contributed by atoms with Gasteiger partial charge >= 0.3 is 5.97 Å². The molecular formula is C26H27ClN2O4. The van der Waals surface area contributed by atoms with E-state index < -0.39 is 17.7 Å². The van der Waals surface area contributed by atoms with E-state index in [0.717, 1.165) is 10.8 Å². The van der Waals surface area contributed by atoms with Crippen LogP contribution in [0.5, 0.6) is 11.5 Å². The molecule has 7 heteroatoms. The van der Waals surface area contributed by atoms with Crippen LogP contribution in [0.4, 0.5) is 11.4 Å². The van der Waals surface area contributed by atoms with Gasteiger partial charge in [0.15, 0.2) is 0 Å². The van der Waals surface area contributed by atoms with Crippen LogP contribution in [0.3, 0.4) is 0 Å². The molecule has 0 spiro atoms. The van der Waals surface area contributed by atoms with Crippen LogP contribution in [0.15, 0.2) is 70.9 Å². The van der Waals surface area contributed by atoms with E-state index in [1.54, 1.807) is 38.1 Å². The van der Waals surface area contributed by atoms with Crippen LogP contribution in [0.2, 0.25) is 5.02 Å². The average Bonchev–Trinajstić information content (AvgIpc) is 2.74. The number of phenols is 1. The molecule has 3 aromatic rings. The largest absolute Gasteiger partial charge is 0.505 e. The first kappa shape index (κ1) is 24.3. The maximum atomic E-state index is 11.8. The van der Waals surface area contributed by atoms with E-state index in [4.69, 9.17) is 21.1 Å². The van der Waals surface area contributed by atoms with Gasteiger partial charge in [-0.1, -0.05) is 63.2 Å². The van der Waals surface area contributed by atoms with Crippen molar-refractivity contribution in [2.24, 2.45) is 10.2 Å². The molecule has 0 fully saturated rings. The first-order chi connectivity index (χ1) is 15.5. The van der Waals surface area contributed by atoms with Crippen molar-refractivity contribution in [1.29, 1.82) is 0 Å². The average molecular weight is 467 g/mol. The van der Waals surface area contributed by atoms with E-state index in [0.29, 0.717) is 22.0 Å². The molecule has 3 aromatic carbocycles. The first-order valence-electron chi connectivity index (χ1n) is 10.5. The first-order valence-corrected chi connectivity index (χ1v) is 10.8. The fourth-order valence-electron chi connectivity index (χ4n) is 3.22. The molecule has 0 aromatic heterocycles. The summed E-state index contributed by atoms with van der Waals surface area (Å²) in [5.74, 6) is -0.162. The summed E-state index contributed by atoms with van der Waals surface area (Å²) in [6.07, 6.45) is -0.864. The van der Waals surface area contributed by atoms with Gasteiger partial charge < -0.3 is 14.6 Å². The number of carbonyl (C=O) groups excluding carboxylic acids is 1. The van der Waals surface area contributed by atoms with Gasteiger partial charge in [0.2, 0.25) is 6.29 Å². The van der Waals surface area contributed by atoms with E-state index in [1.165, 1.54) is 0 Å². The predicted molar refractivity (Wildman–Crippen MR) is 131 cm³/mol. The van der Waals surface area contributed by atoms with E-state index in [9.17, 15) is 9.90 Å². The van der Waals surface area contributed by atoms with Crippen LogP contribution in [0, 0.1) is 0 Å². The Morgan fingerprint density at radius 3 is 2.33 bits per heavy atom. The monoisotopic (exact) mass is 466 g/mol. The highest BCUT2D eigenvalue weighted by molar-refractivity contribution is 6.36. The van der Waals surface area contributed by atoms with E-state index in [2.05, 4.69) is 16.8 Å². The lowest BCUT2D eigenvalue weighted by atomic mass is 9.86. The Kier molecular flexibility index (Phi) is 7.08. The zero-order valence-corrected chi connectivity index (χ0v) is 20.1. The van der Waals surface area contributed by atoms with Crippen molar-refractivity contribution in [3.05, 3.63) is 71.3 Å². The number of aromatic hydroxyl groups is 1. The summed E-state index contributed by atoms with van der Waals surface area (Å²) in [5, 5.41) is 21.9. The summed E-state index contributed by atoms with van der Waals surface area (Å²) in [4.78, 5) is 11.8. The Bertz CT molecular complexity index is 1250. The highest BCUT2D eigenvalue weighted by atomic mass is 35.5. The number of ether oxygens (including phenoxy) is 2. The fraction of sp³-hybridized carbons (Fsp3) is 0.269. The van der Waals surface area contributed by atoms with Crippen molar-refractivity contribution >= 4 is 39.7 Å². The molecule has 0 aliphatic carbocycles. The molecule has 1 N–H and O–H groups in total. The van der Waals surface area contributed by atoms with Crippen molar-refractivity contribution in [2.75, 3.05) is 0 Å². The molecule has 0 saturated heterocycles. The van der Waals surface area contributed by atoms with Gasteiger partial charge in [0, 0.05) is 39.9 Å². The minimum Gasteiger partial charge on any atom is -0.505 e. The summed E-state index contributed by atoms with van der Waals surface area (Å²) in [6.45, 7) is 12.6. The van der Waals surface area contributed by atoms with Crippen molar-refractivity contribution in [3.63, 3.8) is 0 Å². The molecule has 0 saturated carbocycles. The van der Waals surface area contributed by atoms with Gasteiger partial charge in [0.1, 0.15) is 17.2 Å². The second-order valence-corrected chi connectivity index (χ2v) is 9.18. The van der Waals surface area contributed by atoms with Crippen LogP contribution < -0.4 is 4.74 Å². The maximum absolute atomic E-state index is 11.8. The summed E-state index contributed by atoms with van der Waals surface area (Å²) in [7, 11) is 0. The highest BCUT2D eigenvalue weighted by Crippen LogP contribution is 2.42. The number of hydrogen-bond acceptors (Lipinski definition) is 6. The topological polar surface area (TPSA) is 80.5 Å². The summed E-state index contributed by atoms with van der Waals surface area (Å²) < 4.78 is 11.0. The Balaban J connectivity index is 2.01. The lowest BCUT2D eigenvalue weighted by molar-refractivity contribution is -0.156.